The van der Waals surface area contributed by atoms with Crippen molar-refractivity contribution >= 4 is 20.2 Å². The predicted molar refractivity (Wildman–Crippen MR) is 99.8 cm³/mol. The Hall–Kier alpha value is 0.0400. The second kappa shape index (κ2) is 13.3. The summed E-state index contributed by atoms with van der Waals surface area (Å²) in [6.45, 7) is 2.18. The summed E-state index contributed by atoms with van der Waals surface area (Å²) in [4.78, 5) is -1.06. The fraction of sp³-hybridized carbons (Fsp3) is 0.667. The molecule has 0 bridgehead atoms. The molecule has 0 aliphatic heterocycles. The molecule has 1 aromatic carbocycles. The van der Waals surface area contributed by atoms with Crippen molar-refractivity contribution in [3.05, 3.63) is 23.8 Å². The monoisotopic (exact) mass is 428 g/mol. The third kappa shape index (κ3) is 10.4. The molecule has 6 nitrogen and oxygen atoms in total. The fourth-order valence-corrected chi connectivity index (χ4v) is 4.65. The van der Waals surface area contributed by atoms with Gasteiger partial charge in [-0.3, -0.25) is 4.55 Å². The molecule has 9 heteroatoms. The zero-order valence-corrected chi connectivity index (χ0v) is 19.9. The van der Waals surface area contributed by atoms with Gasteiger partial charge in [-0.2, -0.15) is 8.42 Å². The summed E-state index contributed by atoms with van der Waals surface area (Å²) in [5.74, 6) is 0. The largest absolute Gasteiger partial charge is 1.00 e. The molecule has 0 aliphatic carbocycles. The molecule has 0 spiro atoms. The number of hydrogen-bond acceptors (Lipinski definition) is 5. The maximum atomic E-state index is 11.5. The van der Waals surface area contributed by atoms with Gasteiger partial charge in [-0.15, -0.1) is 0 Å². The molecule has 0 aromatic heterocycles. The van der Waals surface area contributed by atoms with Gasteiger partial charge in [-0.1, -0.05) is 70.8 Å². The summed E-state index contributed by atoms with van der Waals surface area (Å²) in [5, 5.41) is 0. The normalized spacial score (nSPS) is 12.0. The standard InChI is InChI=1S/C18H30O6S2.Na/c1-2-3-4-5-6-7-8-9-10-11-13-16-17(25(19,20)21)14-12-15-18(16)26(22,23)24;/h12,14-15H,2-11,13H2,1H3,(H,19,20,21)(H,22,23,24);/q;+1/p-1. The molecule has 1 aromatic rings. The van der Waals surface area contributed by atoms with Crippen molar-refractivity contribution in [1.82, 2.24) is 0 Å². The zero-order valence-electron chi connectivity index (χ0n) is 16.3. The maximum absolute atomic E-state index is 11.5. The van der Waals surface area contributed by atoms with Crippen LogP contribution in [0.15, 0.2) is 28.0 Å². The Kier molecular flexibility index (Phi) is 13.3. The Morgan fingerprint density at radius 2 is 1.26 bits per heavy atom. The number of rotatable bonds is 13. The van der Waals surface area contributed by atoms with Crippen LogP contribution in [-0.4, -0.2) is 25.9 Å². The van der Waals surface area contributed by atoms with Gasteiger partial charge in [0, 0.05) is 0 Å². The predicted octanol–water partition coefficient (Wildman–Crippen LogP) is 1.30. The van der Waals surface area contributed by atoms with Crippen molar-refractivity contribution in [1.29, 1.82) is 0 Å². The van der Waals surface area contributed by atoms with Crippen LogP contribution in [0.1, 0.15) is 76.7 Å². The van der Waals surface area contributed by atoms with Crippen molar-refractivity contribution < 1.29 is 55.5 Å². The van der Waals surface area contributed by atoms with Gasteiger partial charge in [-0.25, -0.2) is 8.42 Å². The summed E-state index contributed by atoms with van der Waals surface area (Å²) >= 11 is 0. The van der Waals surface area contributed by atoms with Crippen LogP contribution in [0.3, 0.4) is 0 Å². The Balaban J connectivity index is 0.00000676. The van der Waals surface area contributed by atoms with Crippen LogP contribution in [0.25, 0.3) is 0 Å². The molecule has 0 amide bonds. The second-order valence-electron chi connectivity index (χ2n) is 6.59. The molecular formula is C18H29NaO6S2. The van der Waals surface area contributed by atoms with Gasteiger partial charge in [0.2, 0.25) is 0 Å². The minimum absolute atomic E-state index is 0. The van der Waals surface area contributed by atoms with E-state index < -0.39 is 30.0 Å². The Morgan fingerprint density at radius 3 is 1.70 bits per heavy atom. The molecule has 0 saturated carbocycles. The van der Waals surface area contributed by atoms with E-state index in [4.69, 9.17) is 0 Å². The molecule has 27 heavy (non-hydrogen) atoms. The van der Waals surface area contributed by atoms with Gasteiger partial charge in [0.1, 0.15) is 10.1 Å². The fourth-order valence-electron chi connectivity index (χ4n) is 3.06. The second-order valence-corrected chi connectivity index (χ2v) is 9.33. The molecule has 0 atom stereocenters. The molecule has 0 unspecified atom stereocenters. The van der Waals surface area contributed by atoms with Crippen LogP contribution in [0.5, 0.6) is 0 Å². The molecule has 0 radical (unpaired) electrons. The van der Waals surface area contributed by atoms with Crippen LogP contribution in [0.4, 0.5) is 0 Å². The van der Waals surface area contributed by atoms with E-state index in [1.54, 1.807) is 0 Å². The molecule has 0 aliphatic rings. The molecular weight excluding hydrogens is 399 g/mol. The SMILES string of the molecule is CCCCCCCCCCCCc1c(S(=O)(=O)[O-])cccc1S(=O)(=O)O.[Na+]. The third-order valence-corrected chi connectivity index (χ3v) is 6.28. The minimum atomic E-state index is -4.80. The Bertz CT molecular complexity index is 710. The Labute approximate surface area is 185 Å². The first-order valence-corrected chi connectivity index (χ1v) is 12.1. The van der Waals surface area contributed by atoms with Gasteiger partial charge < -0.3 is 4.55 Å². The first-order valence-electron chi connectivity index (χ1n) is 9.23. The van der Waals surface area contributed by atoms with E-state index in [2.05, 4.69) is 6.92 Å². The van der Waals surface area contributed by atoms with E-state index in [9.17, 15) is 25.9 Å². The van der Waals surface area contributed by atoms with E-state index in [-0.39, 0.29) is 41.5 Å². The summed E-state index contributed by atoms with van der Waals surface area (Å²) in [6, 6.07) is 3.36. The smallest absolute Gasteiger partial charge is 0.744 e. The number of benzene rings is 1. The van der Waals surface area contributed by atoms with Gasteiger partial charge >= 0.3 is 29.6 Å². The maximum Gasteiger partial charge on any atom is 1.00 e. The minimum Gasteiger partial charge on any atom is -0.744 e. The quantitative estimate of drug-likeness (QED) is 0.288. The van der Waals surface area contributed by atoms with Gasteiger partial charge in [-0.05, 0) is 30.5 Å². The molecule has 1 rings (SSSR count). The van der Waals surface area contributed by atoms with Crippen LogP contribution in [0.2, 0.25) is 0 Å². The first-order chi connectivity index (χ1) is 12.2. The van der Waals surface area contributed by atoms with Crippen molar-refractivity contribution in [3.63, 3.8) is 0 Å². The third-order valence-electron chi connectivity index (χ3n) is 4.42. The van der Waals surface area contributed by atoms with E-state index in [1.165, 1.54) is 32.1 Å². The molecule has 0 fully saturated rings. The van der Waals surface area contributed by atoms with E-state index in [0.717, 1.165) is 43.9 Å². The van der Waals surface area contributed by atoms with E-state index >= 15 is 0 Å². The Morgan fingerprint density at radius 1 is 0.815 bits per heavy atom. The number of unbranched alkanes of at least 4 members (excludes halogenated alkanes) is 9. The molecule has 1 N–H and O–H groups in total. The van der Waals surface area contributed by atoms with E-state index in [1.807, 2.05) is 0 Å². The molecule has 150 valence electrons. The molecule has 0 saturated heterocycles. The van der Waals surface area contributed by atoms with E-state index in [0.29, 0.717) is 6.42 Å². The number of hydrogen-bond donors (Lipinski definition) is 1. The zero-order chi connectivity index (χ0) is 19.6. The van der Waals surface area contributed by atoms with Gasteiger partial charge in [0.25, 0.3) is 10.1 Å². The van der Waals surface area contributed by atoms with Crippen molar-refractivity contribution in [2.45, 2.75) is 87.3 Å². The van der Waals surface area contributed by atoms with Crippen LogP contribution >= 0.6 is 0 Å². The summed E-state index contributed by atoms with van der Waals surface area (Å²) in [6.07, 6.45) is 11.0. The van der Waals surface area contributed by atoms with Crippen molar-refractivity contribution in [3.8, 4) is 0 Å². The average molecular weight is 429 g/mol. The van der Waals surface area contributed by atoms with Crippen molar-refractivity contribution in [2.75, 3.05) is 0 Å². The van der Waals surface area contributed by atoms with Gasteiger partial charge in [0.05, 0.1) is 9.79 Å². The average Bonchev–Trinajstić information content (AvgIpc) is 2.54. The summed E-state index contributed by atoms with van der Waals surface area (Å²) in [5.41, 5.74) is -0.107. The van der Waals surface area contributed by atoms with Crippen LogP contribution in [-0.2, 0) is 26.7 Å². The topological polar surface area (TPSA) is 112 Å². The van der Waals surface area contributed by atoms with Crippen molar-refractivity contribution in [2.24, 2.45) is 0 Å². The first kappa shape index (κ1) is 27.0. The van der Waals surface area contributed by atoms with Crippen LogP contribution in [0, 0.1) is 0 Å². The molecule has 0 heterocycles. The summed E-state index contributed by atoms with van der Waals surface area (Å²) in [7, 11) is -9.39. The van der Waals surface area contributed by atoms with Gasteiger partial charge in [0.15, 0.2) is 0 Å². The summed E-state index contributed by atoms with van der Waals surface area (Å²) < 4.78 is 66.4. The van der Waals surface area contributed by atoms with Crippen LogP contribution < -0.4 is 29.6 Å².